The van der Waals surface area contributed by atoms with Crippen molar-refractivity contribution < 1.29 is 33.8 Å². The van der Waals surface area contributed by atoms with Crippen LogP contribution in [0, 0.1) is 12.3 Å². The monoisotopic (exact) mass is 990 g/mol. The number of hydrogen-bond donors (Lipinski definition) is 4. The molecule has 4 aromatic heterocycles. The molecule has 0 spiro atoms. The molecule has 6 heterocycles. The van der Waals surface area contributed by atoms with Gasteiger partial charge in [-0.25, -0.2) is 15.0 Å². The number of ether oxygens (including phenoxy) is 1. The Balaban J connectivity index is 0.752. The molecule has 378 valence electrons. The van der Waals surface area contributed by atoms with Crippen molar-refractivity contribution in [2.24, 2.45) is 5.41 Å². The molecule has 3 aliphatic rings. The van der Waals surface area contributed by atoms with E-state index in [9.17, 15) is 29.1 Å². The predicted octanol–water partition coefficient (Wildman–Crippen LogP) is 5.07. The van der Waals surface area contributed by atoms with Crippen LogP contribution in [-0.2, 0) is 30.5 Å². The number of fused-ring (bicyclic) bond motifs is 1. The van der Waals surface area contributed by atoms with Gasteiger partial charge >= 0.3 is 0 Å². The zero-order chi connectivity index (χ0) is 50.4. The molecule has 5 aromatic rings. The summed E-state index contributed by atoms with van der Waals surface area (Å²) in [7, 11) is 3.51. The summed E-state index contributed by atoms with van der Waals surface area (Å²) < 4.78 is 7.80. The Labute approximate surface area is 418 Å². The first-order valence-corrected chi connectivity index (χ1v) is 25.4. The number of rotatable bonds is 17. The number of β-amino-alcohol motifs (C(OH)–C–C–N with tert-alkyl or cyclic N) is 1. The highest BCUT2D eigenvalue weighted by molar-refractivity contribution is 7.13. The molecule has 4 N–H and O–H groups in total. The molecule has 20 heteroatoms. The number of piperazine rings is 1. The summed E-state index contributed by atoms with van der Waals surface area (Å²) in [5.41, 5.74) is 6.28. The molecule has 19 nitrogen and oxygen atoms in total. The SMILES string of the molecule is Cc1ncsc1-c1ccc(CNC(=O)[C@@H]2C[C@@H](O)CN2C(=O)C(NC(=O)CCOCCC(=O)N2CCN(c3ccc(Nc4ncc5cc(C(=O)N(C)C)n(C6CCCC6)c5n4)nc3)CC2)C(C)(C)C)cc1. The minimum atomic E-state index is -0.962. The van der Waals surface area contributed by atoms with Crippen LogP contribution in [-0.4, -0.2) is 152 Å². The number of aryl methyl sites for hydroxylation is 1. The summed E-state index contributed by atoms with van der Waals surface area (Å²) in [5.74, 6) is -0.328. The van der Waals surface area contributed by atoms with Gasteiger partial charge in [-0.2, -0.15) is 4.98 Å². The second kappa shape index (κ2) is 22.3. The molecule has 0 bridgehead atoms. The summed E-state index contributed by atoms with van der Waals surface area (Å²) in [6.45, 7) is 10.2. The van der Waals surface area contributed by atoms with Crippen LogP contribution in [0.3, 0.4) is 0 Å². The number of aromatic nitrogens is 5. The fourth-order valence-corrected chi connectivity index (χ4v) is 10.4. The van der Waals surface area contributed by atoms with Crippen LogP contribution in [0.4, 0.5) is 17.5 Å². The molecule has 1 saturated carbocycles. The first-order valence-electron chi connectivity index (χ1n) is 24.5. The lowest BCUT2D eigenvalue weighted by Crippen LogP contribution is -2.57. The number of likely N-dealkylation sites (tertiary alicyclic amines) is 1. The van der Waals surface area contributed by atoms with Crippen molar-refractivity contribution in [3.05, 3.63) is 77.3 Å². The van der Waals surface area contributed by atoms with Gasteiger partial charge in [-0.15, -0.1) is 11.3 Å². The number of pyridine rings is 1. The van der Waals surface area contributed by atoms with Gasteiger partial charge in [-0.05, 0) is 54.5 Å². The maximum Gasteiger partial charge on any atom is 0.270 e. The van der Waals surface area contributed by atoms with E-state index in [0.717, 1.165) is 64.1 Å². The van der Waals surface area contributed by atoms with E-state index in [-0.39, 0.29) is 69.3 Å². The Morgan fingerprint density at radius 2 is 1.66 bits per heavy atom. The lowest BCUT2D eigenvalue weighted by molar-refractivity contribution is -0.144. The average Bonchev–Trinajstić information content (AvgIpc) is 4.19. The largest absolute Gasteiger partial charge is 0.391 e. The van der Waals surface area contributed by atoms with Gasteiger partial charge in [0.2, 0.25) is 29.6 Å². The van der Waals surface area contributed by atoms with Gasteiger partial charge in [0.05, 0.1) is 53.7 Å². The minimum absolute atomic E-state index is 0.0215. The van der Waals surface area contributed by atoms with E-state index < -0.39 is 35.4 Å². The third-order valence-corrected chi connectivity index (χ3v) is 14.5. The summed E-state index contributed by atoms with van der Waals surface area (Å²) in [4.78, 5) is 93.3. The van der Waals surface area contributed by atoms with Crippen LogP contribution in [0.25, 0.3) is 21.5 Å². The fraction of sp³-hybridized carbons (Fsp3) is 0.510. The molecule has 2 aliphatic heterocycles. The molecule has 3 fully saturated rings. The van der Waals surface area contributed by atoms with Gasteiger partial charge in [-0.1, -0.05) is 57.9 Å². The Morgan fingerprint density at radius 1 is 0.930 bits per heavy atom. The average molecular weight is 991 g/mol. The van der Waals surface area contributed by atoms with E-state index in [4.69, 9.17) is 9.72 Å². The van der Waals surface area contributed by atoms with E-state index in [1.807, 2.05) is 80.6 Å². The number of nitrogens with one attached hydrogen (secondary N) is 3. The number of carbonyl (C=O) groups is 5. The van der Waals surface area contributed by atoms with E-state index >= 15 is 0 Å². The zero-order valence-corrected chi connectivity index (χ0v) is 42.3. The molecule has 5 amide bonds. The second-order valence-electron chi connectivity index (χ2n) is 20.0. The Bertz CT molecular complexity index is 2690. The first-order chi connectivity index (χ1) is 34.0. The summed E-state index contributed by atoms with van der Waals surface area (Å²) in [6.07, 6.45) is 7.14. The summed E-state index contributed by atoms with van der Waals surface area (Å²) >= 11 is 1.57. The number of benzene rings is 1. The smallest absolute Gasteiger partial charge is 0.270 e. The van der Waals surface area contributed by atoms with Gasteiger partial charge in [0, 0.05) is 83.8 Å². The molecule has 3 atom stereocenters. The van der Waals surface area contributed by atoms with E-state index in [1.54, 1.807) is 42.7 Å². The number of anilines is 3. The van der Waals surface area contributed by atoms with Crippen molar-refractivity contribution in [1.29, 1.82) is 0 Å². The van der Waals surface area contributed by atoms with Gasteiger partial charge in [0.25, 0.3) is 5.91 Å². The number of thiazole rings is 1. The minimum Gasteiger partial charge on any atom is -0.391 e. The van der Waals surface area contributed by atoms with Gasteiger partial charge < -0.3 is 50.0 Å². The summed E-state index contributed by atoms with van der Waals surface area (Å²) in [5, 5.41) is 20.4. The molecule has 1 unspecified atom stereocenters. The molecule has 71 heavy (non-hydrogen) atoms. The first kappa shape index (κ1) is 50.9. The van der Waals surface area contributed by atoms with Crippen LogP contribution in [0.1, 0.15) is 93.5 Å². The molecule has 1 aromatic carbocycles. The van der Waals surface area contributed by atoms with Crippen molar-refractivity contribution >= 4 is 69.4 Å². The van der Waals surface area contributed by atoms with Gasteiger partial charge in [0.1, 0.15) is 29.2 Å². The quantitative estimate of drug-likeness (QED) is 0.0896. The van der Waals surface area contributed by atoms with Gasteiger partial charge in [-0.3, -0.25) is 24.0 Å². The van der Waals surface area contributed by atoms with E-state index in [2.05, 4.69) is 40.4 Å². The van der Waals surface area contributed by atoms with Crippen molar-refractivity contribution in [1.82, 2.24) is 49.8 Å². The highest BCUT2D eigenvalue weighted by Crippen LogP contribution is 2.35. The third-order valence-electron chi connectivity index (χ3n) is 13.5. The molecular weight excluding hydrogens is 925 g/mol. The Kier molecular flexibility index (Phi) is 16.0. The molecule has 2 saturated heterocycles. The fourth-order valence-electron chi connectivity index (χ4n) is 9.57. The molecule has 8 rings (SSSR count). The van der Waals surface area contributed by atoms with E-state index in [1.165, 1.54) is 4.90 Å². The lowest BCUT2D eigenvalue weighted by atomic mass is 9.85. The van der Waals surface area contributed by atoms with Crippen molar-refractivity contribution in [2.75, 3.05) is 70.2 Å². The number of carbonyl (C=O) groups excluding carboxylic acids is 5. The highest BCUT2D eigenvalue weighted by Gasteiger charge is 2.44. The van der Waals surface area contributed by atoms with Crippen LogP contribution in [0.5, 0.6) is 0 Å². The maximum atomic E-state index is 14.0. The van der Waals surface area contributed by atoms with Crippen LogP contribution in [0.2, 0.25) is 0 Å². The van der Waals surface area contributed by atoms with Gasteiger partial charge in [0.15, 0.2) is 0 Å². The number of aliphatic hydroxyl groups is 1. The normalized spacial score (nSPS) is 17.9. The highest BCUT2D eigenvalue weighted by atomic mass is 32.1. The Hall–Kier alpha value is -6.51. The molecule has 0 radical (unpaired) electrons. The van der Waals surface area contributed by atoms with E-state index in [0.29, 0.717) is 43.6 Å². The number of amides is 5. The van der Waals surface area contributed by atoms with Crippen LogP contribution < -0.4 is 20.9 Å². The maximum absolute atomic E-state index is 14.0. The summed E-state index contributed by atoms with van der Waals surface area (Å²) in [6, 6.07) is 12.0. The van der Waals surface area contributed by atoms with Crippen LogP contribution >= 0.6 is 11.3 Å². The zero-order valence-electron chi connectivity index (χ0n) is 41.5. The molecular formula is C51H66N12O7S. The standard InChI is InChI=1S/C51H66N12O7S/c1-32-44(71-31-55-32)34-13-11-33(12-14-34)27-53-47(67)39-26-38(64)30-62(39)49(69)45(51(2,3)4)57-42(65)17-23-70-24-18-43(66)61-21-19-60(20-22-61)37-15-16-41(52-29-37)56-50-54-28-35-25-40(48(68)59(5)6)63(46(35)58-50)36-9-7-8-10-36/h11-16,25,28-29,31,36,38-39,45,64H,7-10,17-24,26-27,30H2,1-6H3,(H,53,67)(H,57,65)(H,52,54,56,58)/t38-,39+,45?/m1/s1. The predicted molar refractivity (Wildman–Crippen MR) is 271 cm³/mol. The number of hydrogen-bond acceptors (Lipinski definition) is 14. The third kappa shape index (κ3) is 12.2. The lowest BCUT2D eigenvalue weighted by Gasteiger charge is -2.36. The number of nitrogens with zero attached hydrogens (tertiary/aromatic N) is 9. The van der Waals surface area contributed by atoms with Crippen LogP contribution in [0.15, 0.2) is 60.4 Å². The van der Waals surface area contributed by atoms with Crippen molar-refractivity contribution in [2.45, 2.75) is 103 Å². The molecule has 1 aliphatic carbocycles. The Morgan fingerprint density at radius 3 is 2.32 bits per heavy atom. The second-order valence-corrected chi connectivity index (χ2v) is 20.8. The topological polar surface area (TPSA) is 220 Å². The van der Waals surface area contributed by atoms with Crippen molar-refractivity contribution in [3.8, 4) is 10.4 Å². The van der Waals surface area contributed by atoms with Crippen molar-refractivity contribution in [3.63, 3.8) is 0 Å². The number of aliphatic hydroxyl groups excluding tert-OH is 1.